The lowest BCUT2D eigenvalue weighted by molar-refractivity contribution is -0.118. The first-order valence-corrected chi connectivity index (χ1v) is 10.5. The molecule has 9 nitrogen and oxygen atoms in total. The van der Waals surface area contributed by atoms with Crippen molar-refractivity contribution in [1.82, 2.24) is 20.2 Å². The second-order valence-corrected chi connectivity index (χ2v) is 7.94. The van der Waals surface area contributed by atoms with E-state index in [-0.39, 0.29) is 17.9 Å². The zero-order chi connectivity index (χ0) is 22.4. The van der Waals surface area contributed by atoms with Crippen LogP contribution in [0.4, 0.5) is 16.4 Å². The number of rotatable bonds is 6. The van der Waals surface area contributed by atoms with E-state index in [0.717, 1.165) is 0 Å². The second-order valence-electron chi connectivity index (χ2n) is 7.53. The lowest BCUT2D eigenvalue weighted by Crippen LogP contribution is -2.56. The van der Waals surface area contributed by atoms with Crippen LogP contribution in [0.2, 0.25) is 5.02 Å². The summed E-state index contributed by atoms with van der Waals surface area (Å²) in [5.74, 6) is 0.770. The average molecular weight is 447 g/mol. The van der Waals surface area contributed by atoms with Gasteiger partial charge in [0.25, 0.3) is 0 Å². The van der Waals surface area contributed by atoms with Crippen LogP contribution in [0.15, 0.2) is 36.7 Å². The van der Waals surface area contributed by atoms with Crippen LogP contribution in [0.3, 0.4) is 0 Å². The molecule has 1 fully saturated rings. The summed E-state index contributed by atoms with van der Waals surface area (Å²) in [6.45, 7) is 6.06. The maximum Gasteiger partial charge on any atom is 0.318 e. The number of methoxy groups -OCH3 is 1. The van der Waals surface area contributed by atoms with E-state index in [1.807, 2.05) is 18.7 Å². The number of ether oxygens (including phenoxy) is 1. The average Bonchev–Trinajstić information content (AvgIpc) is 2.78. The number of anilines is 2. The Morgan fingerprint density at radius 1 is 1.13 bits per heavy atom. The van der Waals surface area contributed by atoms with Crippen LogP contribution in [-0.2, 0) is 4.79 Å². The zero-order valence-corrected chi connectivity index (χ0v) is 18.6. The quantitative estimate of drug-likeness (QED) is 0.707. The number of hydrogen-bond donors (Lipinski definition) is 2. The van der Waals surface area contributed by atoms with E-state index in [4.69, 9.17) is 16.3 Å². The Hall–Kier alpha value is -3.07. The summed E-state index contributed by atoms with van der Waals surface area (Å²) in [6.07, 6.45) is 3.40. The van der Waals surface area contributed by atoms with E-state index in [2.05, 4.69) is 20.6 Å². The Morgan fingerprint density at radius 2 is 1.81 bits per heavy atom. The highest BCUT2D eigenvalue weighted by Gasteiger charge is 2.28. The van der Waals surface area contributed by atoms with Gasteiger partial charge in [0.2, 0.25) is 11.9 Å². The largest absolute Gasteiger partial charge is 0.495 e. The van der Waals surface area contributed by atoms with Crippen molar-refractivity contribution >= 4 is 35.2 Å². The highest BCUT2D eigenvalue weighted by Crippen LogP contribution is 2.27. The van der Waals surface area contributed by atoms with Gasteiger partial charge < -0.3 is 25.2 Å². The van der Waals surface area contributed by atoms with Crippen molar-refractivity contribution in [3.8, 4) is 5.75 Å². The van der Waals surface area contributed by atoms with Crippen molar-refractivity contribution in [2.45, 2.75) is 19.9 Å². The van der Waals surface area contributed by atoms with Gasteiger partial charge in [0.15, 0.2) is 0 Å². The van der Waals surface area contributed by atoms with Gasteiger partial charge >= 0.3 is 6.03 Å². The molecule has 0 bridgehead atoms. The number of aromatic nitrogens is 2. The maximum atomic E-state index is 12.8. The molecule has 1 atom stereocenters. The molecule has 0 saturated carbocycles. The molecule has 1 aliphatic rings. The molecule has 166 valence electrons. The molecule has 0 spiro atoms. The molecule has 1 aromatic carbocycles. The molecule has 0 unspecified atom stereocenters. The second kappa shape index (κ2) is 10.3. The highest BCUT2D eigenvalue weighted by atomic mass is 35.5. The van der Waals surface area contributed by atoms with Crippen LogP contribution < -0.4 is 20.3 Å². The Bertz CT molecular complexity index is 903. The first kappa shape index (κ1) is 22.6. The van der Waals surface area contributed by atoms with Gasteiger partial charge in [-0.2, -0.15) is 0 Å². The van der Waals surface area contributed by atoms with Crippen LogP contribution in [0.25, 0.3) is 0 Å². The minimum atomic E-state index is -0.691. The van der Waals surface area contributed by atoms with Gasteiger partial charge in [0.05, 0.1) is 12.1 Å². The standard InChI is InChI=1S/C21H27ClN6O3/c1-14(2)18(19(29)25-15-5-6-17(31-3)16(22)13-15)26-21(30)28-11-9-27(10-12-28)20-23-7-4-8-24-20/h4-8,13-14,18H,9-12H2,1-3H3,(H,25,29)(H,26,30)/t18-/m1/s1. The van der Waals surface area contributed by atoms with Gasteiger partial charge in [0, 0.05) is 44.3 Å². The fraction of sp³-hybridized carbons (Fsp3) is 0.429. The van der Waals surface area contributed by atoms with Gasteiger partial charge in [-0.1, -0.05) is 25.4 Å². The lowest BCUT2D eigenvalue weighted by atomic mass is 10.0. The Kier molecular flexibility index (Phi) is 7.51. The minimum absolute atomic E-state index is 0.100. The Balaban J connectivity index is 1.57. The summed E-state index contributed by atoms with van der Waals surface area (Å²) in [4.78, 5) is 37.9. The number of nitrogens with one attached hydrogen (secondary N) is 2. The van der Waals surface area contributed by atoms with Crippen molar-refractivity contribution in [1.29, 1.82) is 0 Å². The summed E-state index contributed by atoms with van der Waals surface area (Å²) in [5, 5.41) is 6.08. The van der Waals surface area contributed by atoms with E-state index in [0.29, 0.717) is 48.6 Å². The first-order valence-electron chi connectivity index (χ1n) is 10.1. The molecule has 2 N–H and O–H groups in total. The number of halogens is 1. The number of hydrogen-bond acceptors (Lipinski definition) is 6. The van der Waals surface area contributed by atoms with Crippen LogP contribution in [0.1, 0.15) is 13.8 Å². The van der Waals surface area contributed by atoms with Crippen LogP contribution in [0.5, 0.6) is 5.75 Å². The number of piperazine rings is 1. The predicted molar refractivity (Wildman–Crippen MR) is 120 cm³/mol. The van der Waals surface area contributed by atoms with E-state index < -0.39 is 6.04 Å². The molecule has 0 aliphatic carbocycles. The Labute approximate surface area is 186 Å². The number of benzene rings is 1. The number of urea groups is 1. The monoisotopic (exact) mass is 446 g/mol. The van der Waals surface area contributed by atoms with Gasteiger partial charge in [-0.3, -0.25) is 4.79 Å². The lowest BCUT2D eigenvalue weighted by Gasteiger charge is -2.35. The molecular weight excluding hydrogens is 420 g/mol. The minimum Gasteiger partial charge on any atom is -0.495 e. The Morgan fingerprint density at radius 3 is 2.39 bits per heavy atom. The summed E-state index contributed by atoms with van der Waals surface area (Å²) in [5.41, 5.74) is 0.534. The van der Waals surface area contributed by atoms with Crippen molar-refractivity contribution < 1.29 is 14.3 Å². The molecule has 1 aliphatic heterocycles. The molecule has 3 amide bonds. The topological polar surface area (TPSA) is 99.7 Å². The van der Waals surface area contributed by atoms with E-state index in [1.165, 1.54) is 7.11 Å². The molecule has 2 heterocycles. The van der Waals surface area contributed by atoms with E-state index in [1.54, 1.807) is 41.6 Å². The molecule has 1 aromatic heterocycles. The summed E-state index contributed by atoms with van der Waals surface area (Å²) >= 11 is 6.13. The van der Waals surface area contributed by atoms with Gasteiger partial charge in [0.1, 0.15) is 11.8 Å². The van der Waals surface area contributed by atoms with E-state index >= 15 is 0 Å². The number of carbonyl (C=O) groups excluding carboxylic acids is 2. The van der Waals surface area contributed by atoms with Crippen LogP contribution in [-0.4, -0.2) is 66.1 Å². The molecule has 31 heavy (non-hydrogen) atoms. The maximum absolute atomic E-state index is 12.8. The molecule has 1 saturated heterocycles. The molecule has 2 aromatic rings. The molecule has 10 heteroatoms. The van der Waals surface area contributed by atoms with Crippen molar-refractivity contribution in [2.24, 2.45) is 5.92 Å². The van der Waals surface area contributed by atoms with Crippen molar-refractivity contribution in [3.05, 3.63) is 41.7 Å². The van der Waals surface area contributed by atoms with Crippen molar-refractivity contribution in [2.75, 3.05) is 43.5 Å². The smallest absolute Gasteiger partial charge is 0.318 e. The fourth-order valence-corrected chi connectivity index (χ4v) is 3.55. The normalized spacial score (nSPS) is 14.9. The molecular formula is C21H27ClN6O3. The SMILES string of the molecule is COc1ccc(NC(=O)[C@H](NC(=O)N2CCN(c3ncccn3)CC2)C(C)C)cc1Cl. The van der Waals surface area contributed by atoms with Gasteiger partial charge in [-0.15, -0.1) is 0 Å². The number of carbonyl (C=O) groups is 2. The summed E-state index contributed by atoms with van der Waals surface area (Å²) in [6, 6.07) is 5.80. The highest BCUT2D eigenvalue weighted by molar-refractivity contribution is 6.32. The summed E-state index contributed by atoms with van der Waals surface area (Å²) < 4.78 is 5.13. The van der Waals surface area contributed by atoms with E-state index in [9.17, 15) is 9.59 Å². The van der Waals surface area contributed by atoms with Crippen LogP contribution >= 0.6 is 11.6 Å². The third-order valence-corrected chi connectivity index (χ3v) is 5.34. The number of nitrogens with zero attached hydrogens (tertiary/aromatic N) is 4. The third-order valence-electron chi connectivity index (χ3n) is 5.05. The summed E-state index contributed by atoms with van der Waals surface area (Å²) in [7, 11) is 1.52. The third kappa shape index (κ3) is 5.75. The van der Waals surface area contributed by atoms with Gasteiger partial charge in [-0.05, 0) is 30.2 Å². The zero-order valence-electron chi connectivity index (χ0n) is 17.8. The van der Waals surface area contributed by atoms with Crippen molar-refractivity contribution in [3.63, 3.8) is 0 Å². The first-order chi connectivity index (χ1) is 14.9. The van der Waals surface area contributed by atoms with Gasteiger partial charge in [-0.25, -0.2) is 14.8 Å². The predicted octanol–water partition coefficient (Wildman–Crippen LogP) is 2.63. The fourth-order valence-electron chi connectivity index (χ4n) is 3.29. The molecule has 3 rings (SSSR count). The molecule has 0 radical (unpaired) electrons. The number of amides is 3. The van der Waals surface area contributed by atoms with Crippen LogP contribution in [0, 0.1) is 5.92 Å².